The average molecular weight is 261 g/mol. The highest BCUT2D eigenvalue weighted by atomic mass is 19.4. The molecule has 0 heterocycles. The van der Waals surface area contributed by atoms with Crippen molar-refractivity contribution in [2.24, 2.45) is 0 Å². The summed E-state index contributed by atoms with van der Waals surface area (Å²) in [6, 6.07) is 3.56. The maximum atomic E-state index is 12.5. The minimum Gasteiger partial charge on any atom is -0.493 e. The first kappa shape index (κ1) is 14.9. The average Bonchev–Trinajstić information content (AvgIpc) is 2.29. The van der Waals surface area contributed by atoms with Gasteiger partial charge in [-0.05, 0) is 25.5 Å². The van der Waals surface area contributed by atoms with Gasteiger partial charge in [0.25, 0.3) is 0 Å². The number of ether oxygens (including phenoxy) is 2. The van der Waals surface area contributed by atoms with Gasteiger partial charge >= 0.3 is 6.98 Å². The molecule has 0 unspecified atom stereocenters. The third-order valence-corrected chi connectivity index (χ3v) is 2.47. The fourth-order valence-corrected chi connectivity index (χ4v) is 1.53. The molecule has 6 heteroatoms. The van der Waals surface area contributed by atoms with Gasteiger partial charge in [0.15, 0.2) is 0 Å². The zero-order valence-corrected chi connectivity index (χ0v) is 10.6. The maximum Gasteiger partial charge on any atom is 0.509 e. The van der Waals surface area contributed by atoms with E-state index in [1.807, 2.05) is 6.92 Å². The Morgan fingerprint density at radius 2 is 1.89 bits per heavy atom. The highest BCUT2D eigenvalue weighted by molar-refractivity contribution is 6.73. The van der Waals surface area contributed by atoms with E-state index in [1.54, 1.807) is 6.92 Å². The Morgan fingerprint density at radius 1 is 1.17 bits per heavy atom. The minimum atomic E-state index is -4.94. The number of halogens is 3. The van der Waals surface area contributed by atoms with E-state index in [1.165, 1.54) is 6.07 Å². The molecule has 0 fully saturated rings. The first-order valence-electron chi connectivity index (χ1n) is 5.96. The molecule has 1 rings (SSSR count). The van der Waals surface area contributed by atoms with Crippen LogP contribution in [0.15, 0.2) is 18.2 Å². The second-order valence-corrected chi connectivity index (χ2v) is 4.00. The van der Waals surface area contributed by atoms with Crippen molar-refractivity contribution in [2.45, 2.75) is 20.3 Å². The van der Waals surface area contributed by atoms with Gasteiger partial charge in [-0.1, -0.05) is 12.1 Å². The summed E-state index contributed by atoms with van der Waals surface area (Å²) in [5.74, 6) is 0.496. The lowest BCUT2D eigenvalue weighted by atomic mass is 9.79. The summed E-state index contributed by atoms with van der Waals surface area (Å²) in [5, 5.41) is 0. The fourth-order valence-electron chi connectivity index (χ4n) is 1.53. The Kier molecular flexibility index (Phi) is 5.53. The van der Waals surface area contributed by atoms with Crippen LogP contribution in [0.4, 0.5) is 12.9 Å². The van der Waals surface area contributed by atoms with Crippen LogP contribution in [0.1, 0.15) is 18.9 Å². The van der Waals surface area contributed by atoms with E-state index in [0.29, 0.717) is 31.1 Å². The molecule has 0 amide bonds. The van der Waals surface area contributed by atoms with E-state index in [-0.39, 0.29) is 0 Å². The Hall–Kier alpha value is -1.17. The van der Waals surface area contributed by atoms with E-state index < -0.39 is 12.4 Å². The normalized spacial score (nSPS) is 11.6. The topological polar surface area (TPSA) is 18.5 Å². The molecule has 0 spiro atoms. The van der Waals surface area contributed by atoms with Crippen molar-refractivity contribution in [1.29, 1.82) is 0 Å². The van der Waals surface area contributed by atoms with Gasteiger partial charge in [0, 0.05) is 19.6 Å². The lowest BCUT2D eigenvalue weighted by Crippen LogP contribution is -2.34. The molecule has 0 aliphatic heterocycles. The SMILES string of the molecule is CCOCCCOc1ccc([B-](F)(F)F)cc1C. The summed E-state index contributed by atoms with van der Waals surface area (Å²) in [6.07, 6.45) is 0.720. The van der Waals surface area contributed by atoms with Crippen LogP contribution in [-0.2, 0) is 4.74 Å². The predicted octanol–water partition coefficient (Wildman–Crippen LogP) is 2.85. The third kappa shape index (κ3) is 4.60. The summed E-state index contributed by atoms with van der Waals surface area (Å²) in [5.41, 5.74) is -0.0859. The van der Waals surface area contributed by atoms with Crippen LogP contribution in [0.2, 0.25) is 0 Å². The van der Waals surface area contributed by atoms with Crippen molar-refractivity contribution in [2.75, 3.05) is 19.8 Å². The highest BCUT2D eigenvalue weighted by Gasteiger charge is 2.25. The summed E-state index contributed by atoms with van der Waals surface area (Å²) in [6.45, 7) is 0.273. The van der Waals surface area contributed by atoms with Crippen LogP contribution in [-0.4, -0.2) is 26.8 Å². The molecule has 0 bridgehead atoms. The molecule has 0 aliphatic carbocycles. The summed E-state index contributed by atoms with van der Waals surface area (Å²) >= 11 is 0. The Morgan fingerprint density at radius 3 is 2.44 bits per heavy atom. The van der Waals surface area contributed by atoms with Gasteiger partial charge < -0.3 is 22.4 Å². The third-order valence-electron chi connectivity index (χ3n) is 2.47. The van der Waals surface area contributed by atoms with Gasteiger partial charge in [-0.25, -0.2) is 0 Å². The zero-order valence-electron chi connectivity index (χ0n) is 10.6. The molecular weight excluding hydrogens is 244 g/mol. The van der Waals surface area contributed by atoms with Crippen molar-refractivity contribution < 1.29 is 22.4 Å². The minimum absolute atomic E-state index is 0.442. The number of rotatable bonds is 7. The molecule has 102 valence electrons. The predicted molar refractivity (Wildman–Crippen MR) is 66.5 cm³/mol. The molecule has 0 saturated heterocycles. The van der Waals surface area contributed by atoms with Crippen LogP contribution in [0.25, 0.3) is 0 Å². The van der Waals surface area contributed by atoms with E-state index in [9.17, 15) is 12.9 Å². The highest BCUT2D eigenvalue weighted by Crippen LogP contribution is 2.19. The van der Waals surface area contributed by atoms with Gasteiger partial charge in [-0.3, -0.25) is 0 Å². The zero-order chi connectivity index (χ0) is 13.6. The monoisotopic (exact) mass is 261 g/mol. The van der Waals surface area contributed by atoms with Gasteiger partial charge in [0.05, 0.1) is 6.61 Å². The molecule has 2 nitrogen and oxygen atoms in total. The summed E-state index contributed by atoms with van der Waals surface area (Å²) < 4.78 is 48.0. The number of hydrogen-bond acceptors (Lipinski definition) is 2. The van der Waals surface area contributed by atoms with Crippen LogP contribution in [0.3, 0.4) is 0 Å². The lowest BCUT2D eigenvalue weighted by Gasteiger charge is -2.17. The standard InChI is InChI=1S/C12H17BF3O2/c1-3-17-7-4-8-18-12-6-5-11(9-10(12)2)13(14,15)16/h5-6,9H,3-4,7-8H2,1-2H3/q-1. The molecule has 0 atom stereocenters. The van der Waals surface area contributed by atoms with E-state index >= 15 is 0 Å². The smallest absolute Gasteiger partial charge is 0.493 e. The Labute approximate surface area is 105 Å². The molecule has 0 radical (unpaired) electrons. The quantitative estimate of drug-likeness (QED) is 0.555. The van der Waals surface area contributed by atoms with Gasteiger partial charge in [-0.15, -0.1) is 5.46 Å². The second kappa shape index (κ2) is 6.68. The Bertz CT molecular complexity index is 380. The molecule has 0 saturated carbocycles. The first-order valence-corrected chi connectivity index (χ1v) is 5.96. The van der Waals surface area contributed by atoms with Crippen molar-refractivity contribution in [3.63, 3.8) is 0 Å². The first-order chi connectivity index (χ1) is 8.45. The van der Waals surface area contributed by atoms with Crippen molar-refractivity contribution in [1.82, 2.24) is 0 Å². The van der Waals surface area contributed by atoms with Crippen LogP contribution in [0, 0.1) is 6.92 Å². The maximum absolute atomic E-state index is 12.5. The summed E-state index contributed by atoms with van der Waals surface area (Å²) in [7, 11) is 0. The lowest BCUT2D eigenvalue weighted by molar-refractivity contribution is 0.130. The van der Waals surface area contributed by atoms with Crippen molar-refractivity contribution >= 4 is 12.4 Å². The van der Waals surface area contributed by atoms with Gasteiger partial charge in [0.2, 0.25) is 0 Å². The van der Waals surface area contributed by atoms with E-state index in [2.05, 4.69) is 0 Å². The van der Waals surface area contributed by atoms with Gasteiger partial charge in [0.1, 0.15) is 5.75 Å². The molecule has 1 aromatic carbocycles. The molecule has 0 aromatic heterocycles. The number of benzene rings is 1. The van der Waals surface area contributed by atoms with Crippen LogP contribution < -0.4 is 10.2 Å². The fraction of sp³-hybridized carbons (Fsp3) is 0.500. The Balaban J connectivity index is 2.53. The van der Waals surface area contributed by atoms with Crippen LogP contribution >= 0.6 is 0 Å². The summed E-state index contributed by atoms with van der Waals surface area (Å²) in [4.78, 5) is 0. The molecule has 0 aliphatic rings. The van der Waals surface area contributed by atoms with E-state index in [0.717, 1.165) is 18.6 Å². The van der Waals surface area contributed by atoms with Crippen molar-refractivity contribution in [3.8, 4) is 5.75 Å². The number of hydrogen-bond donors (Lipinski definition) is 0. The van der Waals surface area contributed by atoms with Crippen molar-refractivity contribution in [3.05, 3.63) is 23.8 Å². The van der Waals surface area contributed by atoms with Gasteiger partial charge in [-0.2, -0.15) is 0 Å². The number of aryl methyl sites for hydroxylation is 1. The largest absolute Gasteiger partial charge is 0.509 e. The van der Waals surface area contributed by atoms with E-state index in [4.69, 9.17) is 9.47 Å². The molecule has 18 heavy (non-hydrogen) atoms. The van der Waals surface area contributed by atoms with Crippen LogP contribution in [0.5, 0.6) is 5.75 Å². The molecular formula is C12H17BF3O2-. The second-order valence-electron chi connectivity index (χ2n) is 4.00. The molecule has 0 N–H and O–H groups in total. The molecule has 1 aromatic rings.